The number of nitrogens with zero attached hydrogens (tertiary/aromatic N) is 1. The van der Waals surface area contributed by atoms with Crippen LogP contribution in [0.3, 0.4) is 0 Å². The molecule has 0 amide bonds. The summed E-state index contributed by atoms with van der Waals surface area (Å²) in [4.78, 5) is 2.32. The van der Waals surface area contributed by atoms with E-state index in [1.165, 1.54) is 6.07 Å². The Balaban J connectivity index is 1.94. The van der Waals surface area contributed by atoms with Gasteiger partial charge in [0.2, 0.25) is 0 Å². The molecule has 1 aromatic carbocycles. The molecule has 1 N–H and O–H groups in total. The fraction of sp³-hybridized carbons (Fsp3) is 0.571. The summed E-state index contributed by atoms with van der Waals surface area (Å²) in [7, 11) is 0. The van der Waals surface area contributed by atoms with Gasteiger partial charge in [-0.05, 0) is 66.3 Å². The van der Waals surface area contributed by atoms with E-state index in [0.717, 1.165) is 38.0 Å². The standard InChI is InChI=1S/C14H19BrFNO/c1-10(18)11-5-7-17(8-6-11)9-12-3-2-4-13(16)14(12)15/h2-4,10-11,18H,5-9H2,1H3. The van der Waals surface area contributed by atoms with Crippen LogP contribution in [-0.2, 0) is 6.54 Å². The third-order valence-corrected chi connectivity index (χ3v) is 4.63. The molecule has 0 spiro atoms. The van der Waals surface area contributed by atoms with E-state index in [2.05, 4.69) is 20.8 Å². The molecule has 0 aromatic heterocycles. The number of benzene rings is 1. The zero-order valence-electron chi connectivity index (χ0n) is 10.6. The zero-order valence-corrected chi connectivity index (χ0v) is 12.2. The van der Waals surface area contributed by atoms with Crippen LogP contribution in [0.4, 0.5) is 4.39 Å². The van der Waals surface area contributed by atoms with Crippen molar-refractivity contribution in [3.8, 4) is 0 Å². The van der Waals surface area contributed by atoms with E-state index in [1.54, 1.807) is 6.07 Å². The molecule has 18 heavy (non-hydrogen) atoms. The summed E-state index contributed by atoms with van der Waals surface area (Å²) >= 11 is 3.30. The highest BCUT2D eigenvalue weighted by Gasteiger charge is 2.23. The van der Waals surface area contributed by atoms with Gasteiger partial charge in [0.15, 0.2) is 0 Å². The third-order valence-electron chi connectivity index (χ3n) is 3.74. The van der Waals surface area contributed by atoms with Crippen LogP contribution in [-0.4, -0.2) is 29.2 Å². The molecule has 100 valence electrons. The summed E-state index contributed by atoms with van der Waals surface area (Å²) in [6.07, 6.45) is 1.82. The Labute approximate surface area is 116 Å². The van der Waals surface area contributed by atoms with Gasteiger partial charge in [-0.3, -0.25) is 4.90 Å². The first kappa shape index (κ1) is 14.0. The molecule has 2 nitrogen and oxygen atoms in total. The number of aliphatic hydroxyl groups is 1. The van der Waals surface area contributed by atoms with Crippen LogP contribution in [0.1, 0.15) is 25.3 Å². The van der Waals surface area contributed by atoms with Crippen LogP contribution in [0.2, 0.25) is 0 Å². The molecule has 0 radical (unpaired) electrons. The van der Waals surface area contributed by atoms with E-state index in [9.17, 15) is 9.50 Å². The summed E-state index contributed by atoms with van der Waals surface area (Å²) < 4.78 is 14.0. The lowest BCUT2D eigenvalue weighted by Crippen LogP contribution is -2.36. The minimum Gasteiger partial charge on any atom is -0.393 e. The lowest BCUT2D eigenvalue weighted by Gasteiger charge is -2.33. The Morgan fingerprint density at radius 3 is 2.72 bits per heavy atom. The van der Waals surface area contributed by atoms with Crippen molar-refractivity contribution in [2.75, 3.05) is 13.1 Å². The van der Waals surface area contributed by atoms with E-state index < -0.39 is 0 Å². The van der Waals surface area contributed by atoms with Crippen LogP contribution in [0.25, 0.3) is 0 Å². The monoisotopic (exact) mass is 315 g/mol. The van der Waals surface area contributed by atoms with Crippen LogP contribution in [0, 0.1) is 11.7 Å². The largest absolute Gasteiger partial charge is 0.393 e. The van der Waals surface area contributed by atoms with Crippen molar-refractivity contribution in [2.45, 2.75) is 32.4 Å². The fourth-order valence-corrected chi connectivity index (χ4v) is 2.89. The highest BCUT2D eigenvalue weighted by Crippen LogP contribution is 2.25. The fourth-order valence-electron chi connectivity index (χ4n) is 2.50. The van der Waals surface area contributed by atoms with Crippen molar-refractivity contribution in [3.63, 3.8) is 0 Å². The Bertz CT molecular complexity index is 403. The molecule has 0 saturated carbocycles. The molecule has 0 bridgehead atoms. The second-order valence-corrected chi connectivity index (χ2v) is 5.86. The first-order chi connectivity index (χ1) is 8.58. The van der Waals surface area contributed by atoms with Crippen LogP contribution in [0.5, 0.6) is 0 Å². The molecule has 4 heteroatoms. The topological polar surface area (TPSA) is 23.5 Å². The number of aliphatic hydroxyl groups excluding tert-OH is 1. The van der Waals surface area contributed by atoms with Crippen molar-refractivity contribution in [1.29, 1.82) is 0 Å². The maximum atomic E-state index is 13.4. The van der Waals surface area contributed by atoms with Gasteiger partial charge in [-0.25, -0.2) is 4.39 Å². The number of hydrogen-bond donors (Lipinski definition) is 1. The molecule has 1 saturated heterocycles. The van der Waals surface area contributed by atoms with Crippen molar-refractivity contribution < 1.29 is 9.50 Å². The van der Waals surface area contributed by atoms with E-state index in [4.69, 9.17) is 0 Å². The summed E-state index contributed by atoms with van der Waals surface area (Å²) in [6, 6.07) is 5.17. The van der Waals surface area contributed by atoms with E-state index in [0.29, 0.717) is 10.4 Å². The Morgan fingerprint density at radius 2 is 2.11 bits per heavy atom. The Kier molecular flexibility index (Phi) is 4.76. The third kappa shape index (κ3) is 3.31. The number of hydrogen-bond acceptors (Lipinski definition) is 2. The molecule has 1 aromatic rings. The maximum absolute atomic E-state index is 13.4. The van der Waals surface area contributed by atoms with Gasteiger partial charge in [0.25, 0.3) is 0 Å². The average molecular weight is 316 g/mol. The Morgan fingerprint density at radius 1 is 1.44 bits per heavy atom. The number of rotatable bonds is 3. The van der Waals surface area contributed by atoms with Gasteiger partial charge < -0.3 is 5.11 Å². The van der Waals surface area contributed by atoms with Gasteiger partial charge >= 0.3 is 0 Å². The minimum absolute atomic E-state index is 0.202. The molecule has 1 unspecified atom stereocenters. The van der Waals surface area contributed by atoms with Crippen molar-refractivity contribution in [1.82, 2.24) is 4.90 Å². The lowest BCUT2D eigenvalue weighted by atomic mass is 9.92. The highest BCUT2D eigenvalue weighted by molar-refractivity contribution is 9.10. The highest BCUT2D eigenvalue weighted by atomic mass is 79.9. The van der Waals surface area contributed by atoms with Gasteiger partial charge in [-0.15, -0.1) is 0 Å². The normalized spacial score (nSPS) is 20.0. The predicted molar refractivity (Wildman–Crippen MR) is 73.8 cm³/mol. The van der Waals surface area contributed by atoms with Crippen molar-refractivity contribution >= 4 is 15.9 Å². The minimum atomic E-state index is -0.215. The van der Waals surface area contributed by atoms with Crippen molar-refractivity contribution in [2.24, 2.45) is 5.92 Å². The summed E-state index contributed by atoms with van der Waals surface area (Å²) in [5, 5.41) is 9.56. The Hall–Kier alpha value is -0.450. The molecule has 1 atom stereocenters. The molecule has 1 fully saturated rings. The van der Waals surface area contributed by atoms with Gasteiger partial charge in [-0.1, -0.05) is 12.1 Å². The summed E-state index contributed by atoms with van der Waals surface area (Å²) in [6.45, 7) is 4.57. The first-order valence-electron chi connectivity index (χ1n) is 6.41. The maximum Gasteiger partial charge on any atom is 0.137 e. The number of halogens is 2. The average Bonchev–Trinajstić information content (AvgIpc) is 2.36. The lowest BCUT2D eigenvalue weighted by molar-refractivity contribution is 0.0694. The smallest absolute Gasteiger partial charge is 0.137 e. The SMILES string of the molecule is CC(O)C1CCN(Cc2cccc(F)c2Br)CC1. The zero-order chi connectivity index (χ0) is 13.1. The number of piperidine rings is 1. The molecule has 1 aliphatic rings. The quantitative estimate of drug-likeness (QED) is 0.926. The van der Waals surface area contributed by atoms with E-state index >= 15 is 0 Å². The van der Waals surface area contributed by atoms with Gasteiger partial charge in [0, 0.05) is 6.54 Å². The molecular formula is C14H19BrFNO. The predicted octanol–water partition coefficient (Wildman–Crippen LogP) is 3.18. The molecule has 1 aliphatic heterocycles. The molecule has 0 aliphatic carbocycles. The van der Waals surface area contributed by atoms with Crippen LogP contribution in [0.15, 0.2) is 22.7 Å². The molecule has 2 rings (SSSR count). The van der Waals surface area contributed by atoms with Crippen LogP contribution < -0.4 is 0 Å². The van der Waals surface area contributed by atoms with Gasteiger partial charge in [0.1, 0.15) is 5.82 Å². The summed E-state index contributed by atoms with van der Waals surface area (Å²) in [5.41, 5.74) is 0.991. The van der Waals surface area contributed by atoms with Crippen LogP contribution >= 0.6 is 15.9 Å². The molecule has 1 heterocycles. The van der Waals surface area contributed by atoms with E-state index in [-0.39, 0.29) is 11.9 Å². The van der Waals surface area contributed by atoms with Gasteiger partial charge in [0.05, 0.1) is 10.6 Å². The summed E-state index contributed by atoms with van der Waals surface area (Å²) in [5.74, 6) is 0.212. The van der Waals surface area contributed by atoms with Crippen molar-refractivity contribution in [3.05, 3.63) is 34.1 Å². The number of likely N-dealkylation sites (tertiary alicyclic amines) is 1. The second kappa shape index (κ2) is 6.13. The second-order valence-electron chi connectivity index (χ2n) is 5.07. The van der Waals surface area contributed by atoms with Gasteiger partial charge in [-0.2, -0.15) is 0 Å². The first-order valence-corrected chi connectivity index (χ1v) is 7.20. The van der Waals surface area contributed by atoms with E-state index in [1.807, 2.05) is 13.0 Å². The molecular weight excluding hydrogens is 297 g/mol.